The van der Waals surface area contributed by atoms with Crippen molar-refractivity contribution in [3.8, 4) is 0 Å². The van der Waals surface area contributed by atoms with Crippen LogP contribution >= 0.6 is 11.6 Å². The highest BCUT2D eigenvalue weighted by atomic mass is 35.5. The Morgan fingerprint density at radius 2 is 2.18 bits per heavy atom. The highest BCUT2D eigenvalue weighted by Gasteiger charge is 2.09. The van der Waals surface area contributed by atoms with Gasteiger partial charge in [0, 0.05) is 24.4 Å². The molecule has 0 fully saturated rings. The molecule has 2 rings (SSSR count). The number of nitrogens with zero attached hydrogens (tertiary/aromatic N) is 3. The SMILES string of the molecule is Cc1c(Cl)[nH]c(=O)n(Cc2cnn(C)c2)c1=O. The molecule has 2 heterocycles. The zero-order chi connectivity index (χ0) is 12.6. The first-order valence-corrected chi connectivity index (χ1v) is 5.33. The molecule has 0 amide bonds. The van der Waals surface area contributed by atoms with Crippen LogP contribution in [0.25, 0.3) is 0 Å². The van der Waals surface area contributed by atoms with Crippen molar-refractivity contribution in [2.24, 2.45) is 7.05 Å². The fourth-order valence-corrected chi connectivity index (χ4v) is 1.69. The lowest BCUT2D eigenvalue weighted by Crippen LogP contribution is -2.36. The van der Waals surface area contributed by atoms with Crippen LogP contribution in [0.4, 0.5) is 0 Å². The monoisotopic (exact) mass is 254 g/mol. The number of rotatable bonds is 2. The maximum Gasteiger partial charge on any atom is 0.329 e. The molecule has 0 aliphatic heterocycles. The second-order valence-electron chi connectivity index (χ2n) is 3.78. The zero-order valence-corrected chi connectivity index (χ0v) is 10.2. The molecule has 6 nitrogen and oxygen atoms in total. The Morgan fingerprint density at radius 1 is 1.47 bits per heavy atom. The van der Waals surface area contributed by atoms with Crippen LogP contribution in [0.15, 0.2) is 22.0 Å². The fourth-order valence-electron chi connectivity index (χ4n) is 1.52. The van der Waals surface area contributed by atoms with Crippen LogP contribution in [0, 0.1) is 6.92 Å². The molecule has 2 aromatic heterocycles. The van der Waals surface area contributed by atoms with Gasteiger partial charge >= 0.3 is 5.69 Å². The number of hydrogen-bond donors (Lipinski definition) is 1. The maximum atomic E-state index is 11.9. The van der Waals surface area contributed by atoms with E-state index >= 15 is 0 Å². The normalized spacial score (nSPS) is 10.8. The number of aryl methyl sites for hydroxylation is 1. The van der Waals surface area contributed by atoms with Crippen molar-refractivity contribution in [1.82, 2.24) is 19.3 Å². The van der Waals surface area contributed by atoms with E-state index in [1.54, 1.807) is 31.0 Å². The van der Waals surface area contributed by atoms with E-state index in [2.05, 4.69) is 10.1 Å². The first-order valence-electron chi connectivity index (χ1n) is 4.96. The first kappa shape index (κ1) is 11.7. The van der Waals surface area contributed by atoms with Crippen LogP contribution in [0.1, 0.15) is 11.1 Å². The smallest absolute Gasteiger partial charge is 0.297 e. The predicted molar refractivity (Wildman–Crippen MR) is 63.4 cm³/mol. The van der Waals surface area contributed by atoms with Gasteiger partial charge in [0.15, 0.2) is 0 Å². The number of nitrogens with one attached hydrogen (secondary N) is 1. The van der Waals surface area contributed by atoms with E-state index in [1.165, 1.54) is 0 Å². The minimum Gasteiger partial charge on any atom is -0.297 e. The predicted octanol–water partition coefficient (Wildman–Crippen LogP) is 0.280. The molecule has 17 heavy (non-hydrogen) atoms. The summed E-state index contributed by atoms with van der Waals surface area (Å²) in [5.74, 6) is 0. The van der Waals surface area contributed by atoms with Gasteiger partial charge in [0.05, 0.1) is 12.7 Å². The highest BCUT2D eigenvalue weighted by Crippen LogP contribution is 2.04. The lowest BCUT2D eigenvalue weighted by molar-refractivity contribution is 0.690. The Bertz CT molecular complexity index is 668. The summed E-state index contributed by atoms with van der Waals surface area (Å²) in [4.78, 5) is 25.9. The molecule has 0 radical (unpaired) electrons. The van der Waals surface area contributed by atoms with E-state index in [0.717, 1.165) is 10.1 Å². The van der Waals surface area contributed by atoms with Gasteiger partial charge in [-0.15, -0.1) is 0 Å². The molecule has 0 bridgehead atoms. The van der Waals surface area contributed by atoms with Crippen molar-refractivity contribution in [3.05, 3.63) is 49.5 Å². The minimum absolute atomic E-state index is 0.0856. The molecule has 0 spiro atoms. The number of aromatic nitrogens is 4. The quantitative estimate of drug-likeness (QED) is 0.783. The largest absolute Gasteiger partial charge is 0.329 e. The highest BCUT2D eigenvalue weighted by molar-refractivity contribution is 6.30. The van der Waals surface area contributed by atoms with Crippen LogP contribution < -0.4 is 11.2 Å². The van der Waals surface area contributed by atoms with Crippen LogP contribution in [0.2, 0.25) is 5.15 Å². The van der Waals surface area contributed by atoms with E-state index in [4.69, 9.17) is 11.6 Å². The van der Waals surface area contributed by atoms with Gasteiger partial charge in [0.25, 0.3) is 5.56 Å². The summed E-state index contributed by atoms with van der Waals surface area (Å²) in [5, 5.41) is 4.06. The first-order chi connectivity index (χ1) is 7.99. The molecule has 0 saturated carbocycles. The molecular weight excluding hydrogens is 244 g/mol. The molecule has 0 aromatic carbocycles. The van der Waals surface area contributed by atoms with E-state index in [0.29, 0.717) is 5.56 Å². The van der Waals surface area contributed by atoms with Crippen LogP contribution in [0.3, 0.4) is 0 Å². The second-order valence-corrected chi connectivity index (χ2v) is 4.16. The van der Waals surface area contributed by atoms with Crippen molar-refractivity contribution >= 4 is 11.6 Å². The maximum absolute atomic E-state index is 11.9. The number of halogens is 1. The molecule has 2 aromatic rings. The van der Waals surface area contributed by atoms with E-state index in [9.17, 15) is 9.59 Å². The molecular formula is C10H11ClN4O2. The van der Waals surface area contributed by atoms with Gasteiger partial charge in [-0.2, -0.15) is 5.10 Å². The Labute approximate surface area is 101 Å². The third-order valence-electron chi connectivity index (χ3n) is 2.46. The van der Waals surface area contributed by atoms with Crippen molar-refractivity contribution in [1.29, 1.82) is 0 Å². The molecule has 0 unspecified atom stereocenters. The average Bonchev–Trinajstić information content (AvgIpc) is 2.67. The van der Waals surface area contributed by atoms with Gasteiger partial charge in [0.1, 0.15) is 5.15 Å². The van der Waals surface area contributed by atoms with Crippen LogP contribution in [-0.4, -0.2) is 19.3 Å². The third-order valence-corrected chi connectivity index (χ3v) is 2.83. The molecule has 90 valence electrons. The fraction of sp³-hybridized carbons (Fsp3) is 0.300. The van der Waals surface area contributed by atoms with E-state index in [1.807, 2.05) is 0 Å². The molecule has 0 aliphatic rings. The summed E-state index contributed by atoms with van der Waals surface area (Å²) in [6.45, 7) is 1.75. The Kier molecular flexibility index (Phi) is 2.89. The van der Waals surface area contributed by atoms with E-state index < -0.39 is 5.69 Å². The average molecular weight is 255 g/mol. The van der Waals surface area contributed by atoms with Gasteiger partial charge in [-0.1, -0.05) is 11.6 Å². The van der Waals surface area contributed by atoms with Crippen molar-refractivity contribution < 1.29 is 0 Å². The summed E-state index contributed by atoms with van der Waals surface area (Å²) in [6.07, 6.45) is 3.35. The molecule has 7 heteroatoms. The zero-order valence-electron chi connectivity index (χ0n) is 9.40. The number of aromatic amines is 1. The lowest BCUT2D eigenvalue weighted by Gasteiger charge is -2.04. The number of H-pyrrole nitrogens is 1. The van der Waals surface area contributed by atoms with Crippen molar-refractivity contribution in [3.63, 3.8) is 0 Å². The summed E-state index contributed by atoms with van der Waals surface area (Å²) >= 11 is 5.71. The van der Waals surface area contributed by atoms with Crippen molar-refractivity contribution in [2.75, 3.05) is 0 Å². The Balaban J connectivity index is 2.50. The molecule has 0 aliphatic carbocycles. The van der Waals surface area contributed by atoms with Gasteiger partial charge < -0.3 is 0 Å². The van der Waals surface area contributed by atoms with Gasteiger partial charge in [-0.3, -0.25) is 19.0 Å². The van der Waals surface area contributed by atoms with Crippen molar-refractivity contribution in [2.45, 2.75) is 13.5 Å². The Morgan fingerprint density at radius 3 is 2.76 bits per heavy atom. The third kappa shape index (κ3) is 2.16. The summed E-state index contributed by atoms with van der Waals surface area (Å²) < 4.78 is 2.70. The summed E-state index contributed by atoms with van der Waals surface area (Å²) in [5.41, 5.74) is 0.203. The van der Waals surface area contributed by atoms with Gasteiger partial charge in [0.2, 0.25) is 0 Å². The van der Waals surface area contributed by atoms with Gasteiger partial charge in [-0.05, 0) is 6.92 Å². The summed E-state index contributed by atoms with van der Waals surface area (Å²) in [6, 6.07) is 0. The second kappa shape index (κ2) is 4.21. The Hall–Kier alpha value is -1.82. The van der Waals surface area contributed by atoms with Crippen LogP contribution in [0.5, 0.6) is 0 Å². The summed E-state index contributed by atoms with van der Waals surface area (Å²) in [7, 11) is 1.77. The minimum atomic E-state index is -0.519. The number of hydrogen-bond acceptors (Lipinski definition) is 3. The molecule has 0 atom stereocenters. The van der Waals surface area contributed by atoms with Gasteiger partial charge in [-0.25, -0.2) is 4.79 Å². The standard InChI is InChI=1S/C10H11ClN4O2/c1-6-8(11)13-10(17)15(9(6)16)5-7-3-12-14(2)4-7/h3-4H,5H2,1-2H3,(H,13,17). The molecule has 0 saturated heterocycles. The topological polar surface area (TPSA) is 72.7 Å². The lowest BCUT2D eigenvalue weighted by atomic mass is 10.3. The van der Waals surface area contributed by atoms with E-state index in [-0.39, 0.29) is 17.3 Å². The molecule has 1 N–H and O–H groups in total. The van der Waals surface area contributed by atoms with Crippen LogP contribution in [-0.2, 0) is 13.6 Å².